The lowest BCUT2D eigenvalue weighted by Gasteiger charge is -2.11. The van der Waals surface area contributed by atoms with Gasteiger partial charge in [-0.3, -0.25) is 9.59 Å². The summed E-state index contributed by atoms with van der Waals surface area (Å²) >= 11 is 6.69. The molecule has 0 bridgehead atoms. The summed E-state index contributed by atoms with van der Waals surface area (Å²) in [6.45, 7) is 1.71. The van der Waals surface area contributed by atoms with Crippen LogP contribution in [0.1, 0.15) is 21.7 Å². The Kier molecular flexibility index (Phi) is 5.24. The molecule has 4 rings (SSSR count). The van der Waals surface area contributed by atoms with E-state index < -0.39 is 17.1 Å². The van der Waals surface area contributed by atoms with E-state index in [4.69, 9.17) is 16.0 Å². The van der Waals surface area contributed by atoms with E-state index in [1.807, 2.05) is 0 Å². The smallest absolute Gasteiger partial charge is 0.335 e. The number of halogens is 1. The van der Waals surface area contributed by atoms with Crippen molar-refractivity contribution in [1.82, 2.24) is 0 Å². The lowest BCUT2D eigenvalue weighted by molar-refractivity contribution is -0.113. The van der Waals surface area contributed by atoms with Gasteiger partial charge < -0.3 is 9.52 Å². The summed E-state index contributed by atoms with van der Waals surface area (Å²) in [7, 11) is 0. The molecule has 0 saturated carbocycles. The van der Waals surface area contributed by atoms with E-state index in [1.54, 1.807) is 55.5 Å². The van der Waals surface area contributed by atoms with Crippen molar-refractivity contribution in [2.45, 2.75) is 6.92 Å². The third kappa shape index (κ3) is 3.65. The van der Waals surface area contributed by atoms with Crippen LogP contribution in [0.15, 0.2) is 63.9 Å². The van der Waals surface area contributed by atoms with Gasteiger partial charge in [-0.05, 0) is 66.7 Å². The number of nitrogens with zero attached hydrogens (tertiary/aromatic N) is 1. The molecule has 30 heavy (non-hydrogen) atoms. The second-order valence-corrected chi connectivity index (χ2v) is 7.91. The predicted octanol–water partition coefficient (Wildman–Crippen LogP) is 5.85. The number of hydrogen-bond acceptors (Lipinski definition) is 5. The van der Waals surface area contributed by atoms with Crippen LogP contribution in [-0.2, 0) is 4.79 Å². The van der Waals surface area contributed by atoms with Crippen LogP contribution in [0.5, 0.6) is 0 Å². The zero-order chi connectivity index (χ0) is 21.4. The first kappa shape index (κ1) is 20.0. The Labute approximate surface area is 180 Å². The first-order valence-corrected chi connectivity index (χ1v) is 10.0. The average Bonchev–Trinajstić information content (AvgIpc) is 3.27. The molecule has 0 radical (unpaired) electrons. The standard InChI is InChI=1S/C22H14ClNO5S/c1-12-16(3-2-4-17(12)21(26)27)18-10-9-15(29-18)11-19-20(25)24(22(28)30-19)14-7-5-13(23)6-8-14/h2-11H,1H3,(H,26,27)/b19-11+. The van der Waals surface area contributed by atoms with Gasteiger partial charge in [0.2, 0.25) is 0 Å². The molecule has 1 aromatic heterocycles. The quantitative estimate of drug-likeness (QED) is 0.513. The largest absolute Gasteiger partial charge is 0.478 e. The number of carbonyl (C=O) groups is 3. The minimum Gasteiger partial charge on any atom is -0.478 e. The van der Waals surface area contributed by atoms with Crippen molar-refractivity contribution in [2.24, 2.45) is 0 Å². The van der Waals surface area contributed by atoms with Gasteiger partial charge in [-0.15, -0.1) is 0 Å². The molecule has 1 fully saturated rings. The highest BCUT2D eigenvalue weighted by Gasteiger charge is 2.36. The molecule has 0 unspecified atom stereocenters. The summed E-state index contributed by atoms with van der Waals surface area (Å²) < 4.78 is 5.81. The van der Waals surface area contributed by atoms with Crippen LogP contribution in [0, 0.1) is 6.92 Å². The van der Waals surface area contributed by atoms with Crippen LogP contribution in [0.25, 0.3) is 17.4 Å². The van der Waals surface area contributed by atoms with Crippen LogP contribution >= 0.6 is 23.4 Å². The second-order valence-electron chi connectivity index (χ2n) is 6.48. The summed E-state index contributed by atoms with van der Waals surface area (Å²) in [6, 6.07) is 14.7. The molecule has 0 spiro atoms. The van der Waals surface area contributed by atoms with E-state index >= 15 is 0 Å². The monoisotopic (exact) mass is 439 g/mol. The Bertz CT molecular complexity index is 1210. The van der Waals surface area contributed by atoms with E-state index in [0.717, 1.165) is 16.7 Å². The van der Waals surface area contributed by atoms with Gasteiger partial charge in [-0.1, -0.05) is 23.7 Å². The molecule has 1 N–H and O–H groups in total. The maximum absolute atomic E-state index is 12.7. The molecule has 2 aromatic carbocycles. The minimum absolute atomic E-state index is 0.189. The van der Waals surface area contributed by atoms with Gasteiger partial charge in [-0.25, -0.2) is 9.69 Å². The van der Waals surface area contributed by atoms with Crippen molar-refractivity contribution in [1.29, 1.82) is 0 Å². The Hall–Kier alpha value is -3.29. The molecule has 1 aliphatic heterocycles. The summed E-state index contributed by atoms with van der Waals surface area (Å²) in [4.78, 5) is 37.7. The first-order valence-electron chi connectivity index (χ1n) is 8.82. The van der Waals surface area contributed by atoms with E-state index in [0.29, 0.717) is 33.4 Å². The number of carboxylic acid groups (broad SMARTS) is 1. The highest BCUT2D eigenvalue weighted by atomic mass is 35.5. The molecule has 1 aliphatic rings. The number of carbonyl (C=O) groups excluding carboxylic acids is 2. The zero-order valence-corrected chi connectivity index (χ0v) is 17.2. The van der Waals surface area contributed by atoms with Crippen molar-refractivity contribution in [3.63, 3.8) is 0 Å². The number of aromatic carboxylic acids is 1. The summed E-state index contributed by atoms with van der Waals surface area (Å²) in [5.74, 6) is -0.614. The lowest BCUT2D eigenvalue weighted by Crippen LogP contribution is -2.27. The van der Waals surface area contributed by atoms with E-state index in [-0.39, 0.29) is 10.5 Å². The summed E-state index contributed by atoms with van der Waals surface area (Å²) in [5.41, 5.74) is 1.85. The number of furan rings is 1. The second kappa shape index (κ2) is 7.85. The van der Waals surface area contributed by atoms with Crippen molar-refractivity contribution in [2.75, 3.05) is 4.90 Å². The number of benzene rings is 2. The van der Waals surface area contributed by atoms with E-state index in [1.165, 1.54) is 12.1 Å². The van der Waals surface area contributed by atoms with Gasteiger partial charge in [0.25, 0.3) is 11.1 Å². The van der Waals surface area contributed by atoms with Gasteiger partial charge in [0, 0.05) is 16.7 Å². The SMILES string of the molecule is Cc1c(C(=O)O)cccc1-c1ccc(/C=C2/SC(=O)N(c3ccc(Cl)cc3)C2=O)o1. The molecule has 2 amide bonds. The Balaban J connectivity index is 1.63. The molecular formula is C22H14ClNO5S. The van der Waals surface area contributed by atoms with Crippen molar-refractivity contribution in [3.8, 4) is 11.3 Å². The third-order valence-electron chi connectivity index (χ3n) is 4.61. The molecule has 1 saturated heterocycles. The van der Waals surface area contributed by atoms with Crippen LogP contribution < -0.4 is 4.90 Å². The number of amides is 2. The van der Waals surface area contributed by atoms with Gasteiger partial charge >= 0.3 is 5.97 Å². The maximum atomic E-state index is 12.7. The fraction of sp³-hybridized carbons (Fsp3) is 0.0455. The molecule has 0 atom stereocenters. The van der Waals surface area contributed by atoms with E-state index in [9.17, 15) is 19.5 Å². The predicted molar refractivity (Wildman–Crippen MR) is 116 cm³/mol. The Morgan fingerprint density at radius 3 is 2.53 bits per heavy atom. The molecule has 0 aliphatic carbocycles. The molecule has 150 valence electrons. The Morgan fingerprint density at radius 2 is 1.83 bits per heavy atom. The van der Waals surface area contributed by atoms with Crippen LogP contribution in [0.3, 0.4) is 0 Å². The van der Waals surface area contributed by atoms with Gasteiger partial charge in [0.05, 0.1) is 16.2 Å². The van der Waals surface area contributed by atoms with Gasteiger partial charge in [0.15, 0.2) is 0 Å². The molecular weight excluding hydrogens is 426 g/mol. The molecule has 2 heterocycles. The first-order chi connectivity index (χ1) is 14.3. The van der Waals surface area contributed by atoms with Crippen molar-refractivity contribution < 1.29 is 23.9 Å². The van der Waals surface area contributed by atoms with E-state index in [2.05, 4.69) is 0 Å². The highest BCUT2D eigenvalue weighted by Crippen LogP contribution is 2.37. The normalized spacial score (nSPS) is 15.3. The summed E-state index contributed by atoms with van der Waals surface area (Å²) in [5, 5.41) is 9.39. The van der Waals surface area contributed by atoms with Crippen LogP contribution in [0.2, 0.25) is 5.02 Å². The maximum Gasteiger partial charge on any atom is 0.335 e. The average molecular weight is 440 g/mol. The fourth-order valence-electron chi connectivity index (χ4n) is 3.12. The third-order valence-corrected chi connectivity index (χ3v) is 5.73. The molecule has 8 heteroatoms. The number of imide groups is 1. The minimum atomic E-state index is -1.02. The highest BCUT2D eigenvalue weighted by molar-refractivity contribution is 8.19. The van der Waals surface area contributed by atoms with Gasteiger partial charge in [0.1, 0.15) is 11.5 Å². The van der Waals surface area contributed by atoms with Crippen molar-refractivity contribution in [3.05, 3.63) is 81.4 Å². The zero-order valence-electron chi connectivity index (χ0n) is 15.6. The number of anilines is 1. The number of rotatable bonds is 4. The number of hydrogen-bond donors (Lipinski definition) is 1. The lowest BCUT2D eigenvalue weighted by atomic mass is 10.0. The number of carboxylic acids is 1. The van der Waals surface area contributed by atoms with Crippen LogP contribution in [-0.4, -0.2) is 22.2 Å². The fourth-order valence-corrected chi connectivity index (χ4v) is 4.07. The summed E-state index contributed by atoms with van der Waals surface area (Å²) in [6.07, 6.45) is 1.50. The topological polar surface area (TPSA) is 87.8 Å². The Morgan fingerprint density at radius 1 is 1.10 bits per heavy atom. The van der Waals surface area contributed by atoms with Crippen molar-refractivity contribution >= 4 is 52.2 Å². The molecule has 3 aromatic rings. The van der Waals surface area contributed by atoms with Crippen LogP contribution in [0.4, 0.5) is 10.5 Å². The number of thioether (sulfide) groups is 1. The molecule has 6 nitrogen and oxygen atoms in total. The van der Waals surface area contributed by atoms with Gasteiger partial charge in [-0.2, -0.15) is 0 Å².